The first-order valence-corrected chi connectivity index (χ1v) is 8.12. The number of aryl methyl sites for hydroxylation is 1. The maximum Gasteiger partial charge on any atom is 0.255 e. The lowest BCUT2D eigenvalue weighted by Gasteiger charge is -2.07. The number of hydrogen-bond donors (Lipinski definition) is 1. The van der Waals surface area contributed by atoms with Crippen molar-refractivity contribution in [3.8, 4) is 17.0 Å². The molecule has 0 aliphatic heterocycles. The van der Waals surface area contributed by atoms with E-state index >= 15 is 0 Å². The van der Waals surface area contributed by atoms with Crippen LogP contribution in [0.2, 0.25) is 0 Å². The Morgan fingerprint density at radius 2 is 1.96 bits per heavy atom. The minimum absolute atomic E-state index is 0.106. The predicted octanol–water partition coefficient (Wildman–Crippen LogP) is 4.52. The Morgan fingerprint density at radius 1 is 1.21 bits per heavy atom. The number of thiazole rings is 1. The summed E-state index contributed by atoms with van der Waals surface area (Å²) >= 11 is 1.59. The summed E-state index contributed by atoms with van der Waals surface area (Å²) in [5, 5.41) is 5.74. The Kier molecular flexibility index (Phi) is 4.57. The molecule has 1 amide bonds. The summed E-state index contributed by atoms with van der Waals surface area (Å²) in [5.41, 5.74) is 2.75. The van der Waals surface area contributed by atoms with Gasteiger partial charge in [-0.2, -0.15) is 0 Å². The number of benzene rings is 2. The molecule has 0 saturated carbocycles. The molecule has 122 valence electrons. The molecule has 1 aromatic heterocycles. The van der Waals surface area contributed by atoms with Crippen LogP contribution in [0.25, 0.3) is 11.3 Å². The van der Waals surface area contributed by atoms with Gasteiger partial charge in [0.2, 0.25) is 0 Å². The summed E-state index contributed by atoms with van der Waals surface area (Å²) < 4.78 is 18.5. The van der Waals surface area contributed by atoms with Gasteiger partial charge < -0.3 is 10.1 Å². The monoisotopic (exact) mass is 342 g/mol. The minimum Gasteiger partial charge on any atom is -0.494 e. The van der Waals surface area contributed by atoms with Crippen molar-refractivity contribution in [1.29, 1.82) is 0 Å². The Morgan fingerprint density at radius 3 is 2.54 bits per heavy atom. The highest BCUT2D eigenvalue weighted by atomic mass is 32.1. The topological polar surface area (TPSA) is 51.2 Å². The number of nitrogens with zero attached hydrogens (tertiary/aromatic N) is 1. The van der Waals surface area contributed by atoms with Crippen molar-refractivity contribution >= 4 is 22.9 Å². The number of ether oxygens (including phenoxy) is 1. The third kappa shape index (κ3) is 3.44. The van der Waals surface area contributed by atoms with Gasteiger partial charge in [0.25, 0.3) is 5.91 Å². The highest BCUT2D eigenvalue weighted by molar-refractivity contribution is 7.09. The van der Waals surface area contributed by atoms with Gasteiger partial charge in [-0.15, -0.1) is 11.3 Å². The number of rotatable bonds is 4. The number of nitrogens with one attached hydrogen (secondary N) is 1. The van der Waals surface area contributed by atoms with Gasteiger partial charge >= 0.3 is 0 Å². The second kappa shape index (κ2) is 6.80. The van der Waals surface area contributed by atoms with Crippen LogP contribution in [-0.2, 0) is 0 Å². The largest absolute Gasteiger partial charge is 0.494 e. The van der Waals surface area contributed by atoms with E-state index in [9.17, 15) is 9.18 Å². The zero-order valence-corrected chi connectivity index (χ0v) is 14.0. The van der Waals surface area contributed by atoms with Crippen molar-refractivity contribution < 1.29 is 13.9 Å². The van der Waals surface area contributed by atoms with E-state index in [4.69, 9.17) is 4.74 Å². The molecule has 2 aromatic carbocycles. The summed E-state index contributed by atoms with van der Waals surface area (Å²) in [6.07, 6.45) is 0. The van der Waals surface area contributed by atoms with Crippen LogP contribution in [0, 0.1) is 12.7 Å². The molecule has 6 heteroatoms. The van der Waals surface area contributed by atoms with Gasteiger partial charge in [-0.1, -0.05) is 12.1 Å². The molecule has 0 aliphatic rings. The Balaban J connectivity index is 1.73. The maximum absolute atomic E-state index is 13.7. The van der Waals surface area contributed by atoms with Gasteiger partial charge in [-0.3, -0.25) is 4.79 Å². The molecule has 4 nitrogen and oxygen atoms in total. The molecule has 0 bridgehead atoms. The van der Waals surface area contributed by atoms with E-state index in [-0.39, 0.29) is 17.2 Å². The van der Waals surface area contributed by atoms with E-state index in [1.807, 2.05) is 24.4 Å². The highest BCUT2D eigenvalue weighted by Crippen LogP contribution is 2.24. The summed E-state index contributed by atoms with van der Waals surface area (Å²) in [4.78, 5) is 16.6. The molecule has 1 N–H and O–H groups in total. The van der Waals surface area contributed by atoms with Crippen LogP contribution >= 0.6 is 11.3 Å². The van der Waals surface area contributed by atoms with Crippen LogP contribution in [0.15, 0.2) is 47.8 Å². The maximum atomic E-state index is 13.7. The lowest BCUT2D eigenvalue weighted by atomic mass is 10.1. The third-order valence-electron chi connectivity index (χ3n) is 3.47. The molecule has 0 spiro atoms. The van der Waals surface area contributed by atoms with Gasteiger partial charge in [-0.05, 0) is 37.3 Å². The van der Waals surface area contributed by atoms with Gasteiger partial charge in [0.05, 0.1) is 17.8 Å². The molecule has 0 saturated heterocycles. The van der Waals surface area contributed by atoms with Crippen molar-refractivity contribution in [3.05, 3.63) is 64.2 Å². The molecule has 3 rings (SSSR count). The SMILES string of the molecule is COc1ccc(C(=O)Nc2ccc(-c3csc(C)n3)cc2)cc1F. The lowest BCUT2D eigenvalue weighted by Crippen LogP contribution is -2.12. The van der Waals surface area contributed by atoms with E-state index in [1.165, 1.54) is 19.2 Å². The number of anilines is 1. The van der Waals surface area contributed by atoms with E-state index in [2.05, 4.69) is 10.3 Å². The molecule has 24 heavy (non-hydrogen) atoms. The van der Waals surface area contributed by atoms with Gasteiger partial charge in [-0.25, -0.2) is 9.37 Å². The lowest BCUT2D eigenvalue weighted by molar-refractivity contribution is 0.102. The normalized spacial score (nSPS) is 10.5. The molecule has 0 aliphatic carbocycles. The summed E-state index contributed by atoms with van der Waals surface area (Å²) in [7, 11) is 1.38. The first-order chi connectivity index (χ1) is 11.6. The quantitative estimate of drug-likeness (QED) is 0.758. The van der Waals surface area contributed by atoms with E-state index < -0.39 is 5.82 Å². The fraction of sp³-hybridized carbons (Fsp3) is 0.111. The molecule has 1 heterocycles. The molecular weight excluding hydrogens is 327 g/mol. The number of methoxy groups -OCH3 is 1. The van der Waals surface area contributed by atoms with E-state index in [1.54, 1.807) is 23.5 Å². The van der Waals surface area contributed by atoms with Crippen molar-refractivity contribution in [3.63, 3.8) is 0 Å². The van der Waals surface area contributed by atoms with Gasteiger partial charge in [0, 0.05) is 22.2 Å². The zero-order chi connectivity index (χ0) is 17.1. The summed E-state index contributed by atoms with van der Waals surface area (Å²) in [6, 6.07) is 11.5. The van der Waals surface area contributed by atoms with Crippen LogP contribution in [0.5, 0.6) is 5.75 Å². The Labute approximate surface area is 142 Å². The fourth-order valence-corrected chi connectivity index (χ4v) is 2.85. The predicted molar refractivity (Wildman–Crippen MR) is 93.2 cm³/mol. The second-order valence-corrected chi connectivity index (χ2v) is 6.19. The smallest absolute Gasteiger partial charge is 0.255 e. The van der Waals surface area contributed by atoms with Gasteiger partial charge in [0.1, 0.15) is 0 Å². The van der Waals surface area contributed by atoms with Crippen molar-refractivity contribution in [2.45, 2.75) is 6.92 Å². The van der Waals surface area contributed by atoms with Crippen LogP contribution < -0.4 is 10.1 Å². The number of aromatic nitrogens is 1. The Hall–Kier alpha value is -2.73. The third-order valence-corrected chi connectivity index (χ3v) is 4.25. The molecule has 0 fully saturated rings. The minimum atomic E-state index is -0.570. The standard InChI is InChI=1S/C18H15FN2O2S/c1-11-20-16(10-24-11)12-3-6-14(7-4-12)21-18(22)13-5-8-17(23-2)15(19)9-13/h3-10H,1-2H3,(H,21,22). The van der Waals surface area contributed by atoms with Crippen molar-refractivity contribution in [2.75, 3.05) is 12.4 Å². The number of amides is 1. The summed E-state index contributed by atoms with van der Waals surface area (Å²) in [6.45, 7) is 1.96. The Bertz CT molecular complexity index is 875. The molecular formula is C18H15FN2O2S. The zero-order valence-electron chi connectivity index (χ0n) is 13.2. The van der Waals surface area contributed by atoms with Crippen LogP contribution in [0.4, 0.5) is 10.1 Å². The molecule has 0 unspecified atom stereocenters. The second-order valence-electron chi connectivity index (χ2n) is 5.13. The first-order valence-electron chi connectivity index (χ1n) is 7.24. The first kappa shape index (κ1) is 16.1. The van der Waals surface area contributed by atoms with Crippen LogP contribution in [-0.4, -0.2) is 18.0 Å². The van der Waals surface area contributed by atoms with Crippen molar-refractivity contribution in [1.82, 2.24) is 4.98 Å². The van der Waals surface area contributed by atoms with Crippen molar-refractivity contribution in [2.24, 2.45) is 0 Å². The average Bonchev–Trinajstić information content (AvgIpc) is 3.02. The van der Waals surface area contributed by atoms with E-state index in [0.717, 1.165) is 22.3 Å². The molecule has 3 aromatic rings. The molecule has 0 atom stereocenters. The van der Waals surface area contributed by atoms with Gasteiger partial charge in [0.15, 0.2) is 11.6 Å². The summed E-state index contributed by atoms with van der Waals surface area (Å²) in [5.74, 6) is -0.845. The number of carbonyl (C=O) groups is 1. The number of hydrogen-bond acceptors (Lipinski definition) is 4. The highest BCUT2D eigenvalue weighted by Gasteiger charge is 2.10. The average molecular weight is 342 g/mol. The van der Waals surface area contributed by atoms with E-state index in [0.29, 0.717) is 5.69 Å². The van der Waals surface area contributed by atoms with Crippen LogP contribution in [0.3, 0.4) is 0 Å². The van der Waals surface area contributed by atoms with Crippen LogP contribution in [0.1, 0.15) is 15.4 Å². The molecule has 0 radical (unpaired) electrons. The number of carbonyl (C=O) groups excluding carboxylic acids is 1. The fourth-order valence-electron chi connectivity index (χ4n) is 2.23. The number of halogens is 1.